The molecule has 0 saturated heterocycles. The maximum absolute atomic E-state index is 9.99. The normalized spacial score (nSPS) is 56.1. The number of aliphatic hydroxyl groups excluding tert-OH is 2. The van der Waals surface area contributed by atoms with Crippen LogP contribution < -0.4 is 0 Å². The van der Waals surface area contributed by atoms with Crippen LogP contribution >= 0.6 is 0 Å². The van der Waals surface area contributed by atoms with Crippen molar-refractivity contribution in [3.63, 3.8) is 0 Å². The molecular formula is C12H20O2. The molecule has 0 aliphatic heterocycles. The van der Waals surface area contributed by atoms with E-state index in [1.165, 1.54) is 25.7 Å². The third-order valence-corrected chi connectivity index (χ3v) is 5.02. The fourth-order valence-electron chi connectivity index (χ4n) is 4.44. The SMILES string of the molecule is OCC1C2CC3CC(O)C(C2)CC1C3. The van der Waals surface area contributed by atoms with Crippen LogP contribution in [0.2, 0.25) is 0 Å². The Morgan fingerprint density at radius 1 is 0.857 bits per heavy atom. The van der Waals surface area contributed by atoms with Gasteiger partial charge in [0.1, 0.15) is 0 Å². The lowest BCUT2D eigenvalue weighted by molar-refractivity contribution is -0.00171. The summed E-state index contributed by atoms with van der Waals surface area (Å²) in [7, 11) is 0. The lowest BCUT2D eigenvalue weighted by Gasteiger charge is -2.45. The molecule has 0 aromatic carbocycles. The zero-order valence-corrected chi connectivity index (χ0v) is 8.60. The number of hydrogen-bond acceptors (Lipinski definition) is 2. The zero-order valence-electron chi connectivity index (χ0n) is 8.60. The van der Waals surface area contributed by atoms with Gasteiger partial charge in [0.2, 0.25) is 0 Å². The summed E-state index contributed by atoms with van der Waals surface area (Å²) in [4.78, 5) is 0. The van der Waals surface area contributed by atoms with E-state index in [0.29, 0.717) is 18.4 Å². The van der Waals surface area contributed by atoms with Crippen molar-refractivity contribution in [1.29, 1.82) is 0 Å². The highest BCUT2D eigenvalue weighted by molar-refractivity contribution is 4.98. The van der Waals surface area contributed by atoms with Crippen LogP contribution in [0.25, 0.3) is 0 Å². The summed E-state index contributed by atoms with van der Waals surface area (Å²) in [5, 5.41) is 19.4. The Kier molecular flexibility index (Phi) is 2.10. The number of aliphatic hydroxyl groups is 2. The molecule has 4 aliphatic carbocycles. The minimum Gasteiger partial charge on any atom is -0.396 e. The highest BCUT2D eigenvalue weighted by Crippen LogP contribution is 2.53. The summed E-state index contributed by atoms with van der Waals surface area (Å²) >= 11 is 0. The van der Waals surface area contributed by atoms with Gasteiger partial charge >= 0.3 is 0 Å². The van der Waals surface area contributed by atoms with Crippen LogP contribution in [0.3, 0.4) is 0 Å². The van der Waals surface area contributed by atoms with Crippen molar-refractivity contribution in [2.45, 2.75) is 38.2 Å². The van der Waals surface area contributed by atoms with E-state index in [0.717, 1.165) is 24.2 Å². The summed E-state index contributed by atoms with van der Waals surface area (Å²) in [6, 6.07) is 0. The molecule has 0 amide bonds. The quantitative estimate of drug-likeness (QED) is 0.665. The molecule has 3 unspecified atom stereocenters. The molecule has 0 aromatic rings. The van der Waals surface area contributed by atoms with Gasteiger partial charge in [-0.05, 0) is 61.7 Å². The van der Waals surface area contributed by atoms with Crippen LogP contribution in [0.4, 0.5) is 0 Å². The number of hydrogen-bond donors (Lipinski definition) is 2. The van der Waals surface area contributed by atoms with Gasteiger partial charge < -0.3 is 10.2 Å². The summed E-state index contributed by atoms with van der Waals surface area (Å²) in [5.41, 5.74) is 0. The van der Waals surface area contributed by atoms with Crippen LogP contribution in [-0.4, -0.2) is 22.9 Å². The largest absolute Gasteiger partial charge is 0.396 e. The first kappa shape index (κ1) is 9.17. The van der Waals surface area contributed by atoms with Gasteiger partial charge in [0.05, 0.1) is 6.10 Å². The van der Waals surface area contributed by atoms with Gasteiger partial charge in [0, 0.05) is 6.61 Å². The Bertz CT molecular complexity index is 212. The molecule has 3 atom stereocenters. The van der Waals surface area contributed by atoms with E-state index in [9.17, 15) is 10.2 Å². The van der Waals surface area contributed by atoms with E-state index in [-0.39, 0.29) is 6.10 Å². The first-order valence-electron chi connectivity index (χ1n) is 6.07. The van der Waals surface area contributed by atoms with Gasteiger partial charge in [-0.3, -0.25) is 0 Å². The molecule has 4 bridgehead atoms. The lowest BCUT2D eigenvalue weighted by Crippen LogP contribution is -2.39. The fraction of sp³-hybridized carbons (Fsp3) is 1.00. The van der Waals surface area contributed by atoms with Crippen molar-refractivity contribution in [3.8, 4) is 0 Å². The maximum Gasteiger partial charge on any atom is 0.0571 e. The third kappa shape index (κ3) is 1.24. The molecule has 14 heavy (non-hydrogen) atoms. The number of fused-ring (bicyclic) bond motifs is 1. The molecule has 0 heterocycles. The van der Waals surface area contributed by atoms with Gasteiger partial charge in [0.25, 0.3) is 0 Å². The average Bonchev–Trinajstić information content (AvgIpc) is 2.32. The molecule has 4 rings (SSSR count). The minimum atomic E-state index is -0.0327. The fourth-order valence-corrected chi connectivity index (χ4v) is 4.44. The van der Waals surface area contributed by atoms with Gasteiger partial charge in [-0.25, -0.2) is 0 Å². The van der Waals surface area contributed by atoms with Crippen molar-refractivity contribution >= 4 is 0 Å². The Morgan fingerprint density at radius 2 is 1.50 bits per heavy atom. The summed E-state index contributed by atoms with van der Waals surface area (Å²) in [6.45, 7) is 0.380. The third-order valence-electron chi connectivity index (χ3n) is 5.02. The van der Waals surface area contributed by atoms with E-state index in [2.05, 4.69) is 0 Å². The summed E-state index contributed by atoms with van der Waals surface area (Å²) in [6.07, 6.45) is 5.91. The summed E-state index contributed by atoms with van der Waals surface area (Å²) < 4.78 is 0. The van der Waals surface area contributed by atoms with Crippen LogP contribution in [0.5, 0.6) is 0 Å². The van der Waals surface area contributed by atoms with E-state index < -0.39 is 0 Å². The topological polar surface area (TPSA) is 40.5 Å². The maximum atomic E-state index is 9.99. The predicted octanol–water partition coefficient (Wildman–Crippen LogP) is 1.41. The molecule has 4 saturated carbocycles. The Balaban J connectivity index is 1.88. The molecule has 80 valence electrons. The lowest BCUT2D eigenvalue weighted by atomic mass is 9.61. The predicted molar refractivity (Wildman–Crippen MR) is 53.6 cm³/mol. The van der Waals surface area contributed by atoms with Crippen molar-refractivity contribution in [2.75, 3.05) is 6.61 Å². The number of rotatable bonds is 1. The molecule has 4 aliphatic rings. The van der Waals surface area contributed by atoms with E-state index in [1.54, 1.807) is 0 Å². The van der Waals surface area contributed by atoms with Crippen LogP contribution in [0.1, 0.15) is 32.1 Å². The summed E-state index contributed by atoms with van der Waals surface area (Å²) in [5.74, 6) is 3.32. The van der Waals surface area contributed by atoms with Crippen LogP contribution in [0.15, 0.2) is 0 Å². The minimum absolute atomic E-state index is 0.0327. The van der Waals surface area contributed by atoms with Crippen molar-refractivity contribution < 1.29 is 10.2 Å². The molecule has 0 spiro atoms. The van der Waals surface area contributed by atoms with Gasteiger partial charge in [-0.1, -0.05) is 0 Å². The van der Waals surface area contributed by atoms with Gasteiger partial charge in [0.15, 0.2) is 0 Å². The molecule has 0 aromatic heterocycles. The molecule has 0 radical (unpaired) electrons. The molecule has 2 N–H and O–H groups in total. The smallest absolute Gasteiger partial charge is 0.0571 e. The van der Waals surface area contributed by atoms with Crippen LogP contribution in [0, 0.1) is 29.6 Å². The van der Waals surface area contributed by atoms with Crippen molar-refractivity contribution in [3.05, 3.63) is 0 Å². The van der Waals surface area contributed by atoms with Crippen molar-refractivity contribution in [2.24, 2.45) is 29.6 Å². The highest BCUT2D eigenvalue weighted by atomic mass is 16.3. The van der Waals surface area contributed by atoms with E-state index in [1.807, 2.05) is 0 Å². The molecule has 2 heteroatoms. The average molecular weight is 196 g/mol. The second kappa shape index (κ2) is 3.21. The molecular weight excluding hydrogens is 176 g/mol. The van der Waals surface area contributed by atoms with E-state index in [4.69, 9.17) is 0 Å². The molecule has 4 fully saturated rings. The van der Waals surface area contributed by atoms with Crippen molar-refractivity contribution in [1.82, 2.24) is 0 Å². The van der Waals surface area contributed by atoms with E-state index >= 15 is 0 Å². The Hall–Kier alpha value is -0.0800. The van der Waals surface area contributed by atoms with Crippen LogP contribution in [-0.2, 0) is 0 Å². The highest BCUT2D eigenvalue weighted by Gasteiger charge is 2.48. The monoisotopic (exact) mass is 196 g/mol. The second-order valence-corrected chi connectivity index (χ2v) is 5.74. The first-order valence-corrected chi connectivity index (χ1v) is 6.07. The second-order valence-electron chi connectivity index (χ2n) is 5.74. The zero-order chi connectivity index (χ0) is 9.71. The Labute approximate surface area is 85.3 Å². The van der Waals surface area contributed by atoms with Gasteiger partial charge in [-0.2, -0.15) is 0 Å². The Morgan fingerprint density at radius 3 is 2.07 bits per heavy atom. The standard InChI is InChI=1S/C12H20O2/c13-6-11-8-1-7-2-9(11)5-10(4-8)12(14)3-7/h7-14H,1-6H2. The molecule has 2 nitrogen and oxygen atoms in total. The first-order chi connectivity index (χ1) is 6.78. The van der Waals surface area contributed by atoms with Gasteiger partial charge in [-0.15, -0.1) is 0 Å².